The van der Waals surface area contributed by atoms with Crippen LogP contribution in [0.15, 0.2) is 36.4 Å². The van der Waals surface area contributed by atoms with Gasteiger partial charge in [0.15, 0.2) is 0 Å². The Hall–Kier alpha value is -2.90. The van der Waals surface area contributed by atoms with Gasteiger partial charge in [-0.15, -0.1) is 0 Å². The molecule has 1 aliphatic carbocycles. The number of rotatable bonds is 4. The van der Waals surface area contributed by atoms with Gasteiger partial charge >= 0.3 is 5.97 Å². The van der Waals surface area contributed by atoms with Crippen molar-refractivity contribution in [2.75, 3.05) is 13.2 Å². The topological polar surface area (TPSA) is 80.9 Å². The summed E-state index contributed by atoms with van der Waals surface area (Å²) in [6, 6.07) is 10.5. The lowest BCUT2D eigenvalue weighted by Gasteiger charge is -2.43. The summed E-state index contributed by atoms with van der Waals surface area (Å²) in [5, 5.41) is 20.8. The van der Waals surface area contributed by atoms with Gasteiger partial charge in [0.1, 0.15) is 18.2 Å². The summed E-state index contributed by atoms with van der Waals surface area (Å²) >= 11 is 0. The van der Waals surface area contributed by atoms with Crippen LogP contribution in [0.4, 0.5) is 4.39 Å². The van der Waals surface area contributed by atoms with Gasteiger partial charge in [-0.3, -0.25) is 0 Å². The van der Waals surface area contributed by atoms with Crippen molar-refractivity contribution in [2.24, 2.45) is 0 Å². The molecule has 0 radical (unpaired) electrons. The van der Waals surface area contributed by atoms with Crippen molar-refractivity contribution < 1.29 is 28.9 Å². The summed E-state index contributed by atoms with van der Waals surface area (Å²) in [5.41, 5.74) is 3.09. The van der Waals surface area contributed by atoms with E-state index in [0.29, 0.717) is 31.4 Å². The fourth-order valence-electron chi connectivity index (χ4n) is 5.56. The number of hydrogen-bond donors (Lipinski definition) is 2. The van der Waals surface area contributed by atoms with Crippen LogP contribution in [0.25, 0.3) is 16.6 Å². The first-order chi connectivity index (χ1) is 15.6. The SMILES string of the molecule is Cc1cc(-n2c3c(c4c(O)cccc42)[C@]2(CC[C@H](OCC(=O)O)C2)OCC3(C)C)ccc1F. The van der Waals surface area contributed by atoms with Crippen LogP contribution < -0.4 is 0 Å². The number of ether oxygens (including phenoxy) is 2. The molecule has 2 atom stereocenters. The predicted molar refractivity (Wildman–Crippen MR) is 122 cm³/mol. The fraction of sp³-hybridized carbons (Fsp3) is 0.423. The summed E-state index contributed by atoms with van der Waals surface area (Å²) in [6.45, 7) is 6.07. The van der Waals surface area contributed by atoms with Gasteiger partial charge in [0, 0.05) is 34.2 Å². The molecule has 0 saturated heterocycles. The van der Waals surface area contributed by atoms with Gasteiger partial charge in [0.2, 0.25) is 0 Å². The lowest BCUT2D eigenvalue weighted by atomic mass is 9.77. The highest BCUT2D eigenvalue weighted by atomic mass is 19.1. The zero-order valence-electron chi connectivity index (χ0n) is 19.0. The van der Waals surface area contributed by atoms with Crippen molar-refractivity contribution in [3.63, 3.8) is 0 Å². The van der Waals surface area contributed by atoms with Gasteiger partial charge in [0.25, 0.3) is 0 Å². The average molecular weight is 454 g/mol. The van der Waals surface area contributed by atoms with E-state index in [1.165, 1.54) is 6.07 Å². The fourth-order valence-corrected chi connectivity index (χ4v) is 5.56. The number of halogens is 1. The maximum absolute atomic E-state index is 14.1. The number of carboxylic acid groups (broad SMARTS) is 1. The van der Waals surface area contributed by atoms with Crippen LogP contribution in [0.3, 0.4) is 0 Å². The predicted octanol–water partition coefficient (Wildman–Crippen LogP) is 4.94. The largest absolute Gasteiger partial charge is 0.507 e. The molecule has 1 spiro atoms. The Morgan fingerprint density at radius 3 is 2.82 bits per heavy atom. The van der Waals surface area contributed by atoms with Crippen molar-refractivity contribution in [1.82, 2.24) is 4.57 Å². The third kappa shape index (κ3) is 3.42. The van der Waals surface area contributed by atoms with Crippen molar-refractivity contribution >= 4 is 16.9 Å². The van der Waals surface area contributed by atoms with Crippen molar-refractivity contribution in [3.8, 4) is 11.4 Å². The molecule has 7 heteroatoms. The zero-order valence-corrected chi connectivity index (χ0v) is 19.0. The van der Waals surface area contributed by atoms with Crippen LogP contribution in [-0.4, -0.2) is 40.1 Å². The molecule has 3 aromatic rings. The monoisotopic (exact) mass is 453 g/mol. The van der Waals surface area contributed by atoms with Crippen LogP contribution in [0, 0.1) is 12.7 Å². The lowest BCUT2D eigenvalue weighted by Crippen LogP contribution is -2.43. The minimum absolute atomic E-state index is 0.164. The van der Waals surface area contributed by atoms with Gasteiger partial charge in [0.05, 0.1) is 23.8 Å². The number of carboxylic acids is 1. The first-order valence-corrected chi connectivity index (χ1v) is 11.2. The number of hydrogen-bond acceptors (Lipinski definition) is 4. The second-order valence-electron chi connectivity index (χ2n) is 9.90. The molecule has 5 rings (SSSR count). The Morgan fingerprint density at radius 1 is 1.30 bits per heavy atom. The molecule has 2 heterocycles. The van der Waals surface area contributed by atoms with Crippen LogP contribution in [-0.2, 0) is 25.3 Å². The average Bonchev–Trinajstić information content (AvgIpc) is 3.34. The molecule has 174 valence electrons. The van der Waals surface area contributed by atoms with E-state index in [2.05, 4.69) is 18.4 Å². The number of fused-ring (bicyclic) bond motifs is 4. The highest BCUT2D eigenvalue weighted by molar-refractivity contribution is 5.94. The summed E-state index contributed by atoms with van der Waals surface area (Å²) in [6.07, 6.45) is 1.60. The van der Waals surface area contributed by atoms with E-state index in [4.69, 9.17) is 14.6 Å². The van der Waals surface area contributed by atoms with E-state index >= 15 is 0 Å². The maximum atomic E-state index is 14.1. The molecule has 0 unspecified atom stereocenters. The van der Waals surface area contributed by atoms with Crippen LogP contribution in [0.5, 0.6) is 5.75 Å². The molecule has 2 N–H and O–H groups in total. The van der Waals surface area contributed by atoms with Crippen molar-refractivity contribution in [3.05, 3.63) is 59.0 Å². The Balaban J connectivity index is 1.76. The number of phenolic OH excluding ortho intramolecular Hbond substituents is 1. The number of aliphatic carboxylic acids is 1. The Morgan fingerprint density at radius 2 is 2.09 bits per heavy atom. The van der Waals surface area contributed by atoms with Crippen LogP contribution >= 0.6 is 0 Å². The third-order valence-corrected chi connectivity index (χ3v) is 7.05. The standard InChI is InChI=1S/C26H28FNO5/c1-15-11-16(7-8-18(15)27)28-19-5-4-6-20(29)22(19)23-24(28)25(2,3)14-33-26(23)10-9-17(12-26)32-13-21(30)31/h4-8,11,17,29H,9-10,12-14H2,1-3H3,(H,30,31)/t17-,26+/m0/s1. The van der Waals surface area contributed by atoms with Gasteiger partial charge < -0.3 is 24.3 Å². The van der Waals surface area contributed by atoms with Crippen LogP contribution in [0.1, 0.15) is 49.9 Å². The molecule has 1 aromatic heterocycles. The lowest BCUT2D eigenvalue weighted by molar-refractivity contribution is -0.145. The first kappa shape index (κ1) is 21.9. The molecule has 1 fully saturated rings. The molecule has 0 amide bonds. The number of carbonyl (C=O) groups is 1. The van der Waals surface area contributed by atoms with E-state index in [-0.39, 0.29) is 29.7 Å². The van der Waals surface area contributed by atoms with Crippen molar-refractivity contribution in [2.45, 2.75) is 57.2 Å². The number of aromatic nitrogens is 1. The first-order valence-electron chi connectivity index (χ1n) is 11.2. The number of aromatic hydroxyl groups is 1. The van der Waals surface area contributed by atoms with E-state index in [1.54, 1.807) is 19.1 Å². The quantitative estimate of drug-likeness (QED) is 0.585. The number of nitrogens with zero attached hydrogens (tertiary/aromatic N) is 1. The van der Waals surface area contributed by atoms with Gasteiger partial charge in [-0.05, 0) is 55.7 Å². The molecule has 1 aliphatic heterocycles. The Kier molecular flexibility index (Phi) is 5.03. The zero-order chi connectivity index (χ0) is 23.5. The van der Waals surface area contributed by atoms with Gasteiger partial charge in [-0.1, -0.05) is 19.9 Å². The summed E-state index contributed by atoms with van der Waals surface area (Å²) in [4.78, 5) is 11.0. The van der Waals surface area contributed by atoms with E-state index in [9.17, 15) is 14.3 Å². The molecule has 0 bridgehead atoms. The van der Waals surface area contributed by atoms with E-state index in [0.717, 1.165) is 27.8 Å². The molecule has 6 nitrogen and oxygen atoms in total. The molecular weight excluding hydrogens is 425 g/mol. The van der Waals surface area contributed by atoms with Gasteiger partial charge in [-0.25, -0.2) is 9.18 Å². The summed E-state index contributed by atoms with van der Waals surface area (Å²) < 4.78 is 28.4. The summed E-state index contributed by atoms with van der Waals surface area (Å²) in [5.74, 6) is -1.10. The number of aryl methyl sites for hydroxylation is 1. The van der Waals surface area contributed by atoms with Crippen LogP contribution in [0.2, 0.25) is 0 Å². The van der Waals surface area contributed by atoms with E-state index in [1.807, 2.05) is 18.2 Å². The molecular formula is C26H28FNO5. The smallest absolute Gasteiger partial charge is 0.329 e. The van der Waals surface area contributed by atoms with Crippen molar-refractivity contribution in [1.29, 1.82) is 0 Å². The third-order valence-electron chi connectivity index (χ3n) is 7.05. The Bertz CT molecular complexity index is 1260. The normalized spacial score (nSPS) is 23.8. The Labute approximate surface area is 191 Å². The highest BCUT2D eigenvalue weighted by Gasteiger charge is 2.52. The van der Waals surface area contributed by atoms with E-state index < -0.39 is 11.6 Å². The summed E-state index contributed by atoms with van der Waals surface area (Å²) in [7, 11) is 0. The minimum atomic E-state index is -0.997. The molecule has 2 aliphatic rings. The number of phenols is 1. The highest BCUT2D eigenvalue weighted by Crippen LogP contribution is 2.55. The molecule has 2 aromatic carbocycles. The molecule has 1 saturated carbocycles. The minimum Gasteiger partial charge on any atom is -0.507 e. The maximum Gasteiger partial charge on any atom is 0.329 e. The number of benzene rings is 2. The molecule has 33 heavy (non-hydrogen) atoms. The second-order valence-corrected chi connectivity index (χ2v) is 9.90. The van der Waals surface area contributed by atoms with Gasteiger partial charge in [-0.2, -0.15) is 0 Å². The second kappa shape index (κ2) is 7.57.